The van der Waals surface area contributed by atoms with Gasteiger partial charge in [0.15, 0.2) is 0 Å². The molecule has 2 saturated heterocycles. The Morgan fingerprint density at radius 3 is 2.67 bits per heavy atom. The van der Waals surface area contributed by atoms with E-state index in [1.807, 2.05) is 0 Å². The van der Waals surface area contributed by atoms with E-state index in [0.717, 1.165) is 17.9 Å². The molecule has 2 nitrogen and oxygen atoms in total. The van der Waals surface area contributed by atoms with Gasteiger partial charge in [-0.15, -0.1) is 0 Å². The van der Waals surface area contributed by atoms with E-state index >= 15 is 0 Å². The summed E-state index contributed by atoms with van der Waals surface area (Å²) in [6, 6.07) is 8.23. The van der Waals surface area contributed by atoms with E-state index in [-0.39, 0.29) is 0 Å². The van der Waals surface area contributed by atoms with Gasteiger partial charge in [-0.05, 0) is 85.6 Å². The van der Waals surface area contributed by atoms with Gasteiger partial charge in [0.2, 0.25) is 0 Å². The first-order valence-corrected chi connectivity index (χ1v) is 10.3. The van der Waals surface area contributed by atoms with Crippen LogP contribution in [0.15, 0.2) is 18.2 Å². The third-order valence-electron chi connectivity index (χ3n) is 7.77. The van der Waals surface area contributed by atoms with Crippen molar-refractivity contribution >= 4 is 5.69 Å². The van der Waals surface area contributed by atoms with Crippen molar-refractivity contribution in [3.05, 3.63) is 29.3 Å². The number of piperidine rings is 1. The van der Waals surface area contributed by atoms with E-state index in [1.165, 1.54) is 70.4 Å². The van der Waals surface area contributed by atoms with Crippen molar-refractivity contribution in [1.82, 2.24) is 4.90 Å². The highest BCUT2D eigenvalue weighted by Crippen LogP contribution is 2.50. The number of likely N-dealkylation sites (tertiary alicyclic amines) is 1. The topological polar surface area (TPSA) is 6.48 Å². The maximum atomic E-state index is 2.85. The lowest BCUT2D eigenvalue weighted by Crippen LogP contribution is -2.58. The first-order valence-electron chi connectivity index (χ1n) is 10.3. The fraction of sp³-hybridized carbons (Fsp3) is 0.727. The third-order valence-corrected chi connectivity index (χ3v) is 7.77. The van der Waals surface area contributed by atoms with E-state index in [1.54, 1.807) is 11.1 Å². The molecule has 24 heavy (non-hydrogen) atoms. The Bertz CT molecular complexity index is 629. The van der Waals surface area contributed by atoms with Crippen molar-refractivity contribution in [2.75, 3.05) is 31.1 Å². The fourth-order valence-corrected chi connectivity index (χ4v) is 5.73. The zero-order valence-electron chi connectivity index (χ0n) is 15.4. The molecule has 0 spiro atoms. The van der Waals surface area contributed by atoms with Crippen LogP contribution in [0.4, 0.5) is 5.69 Å². The maximum absolute atomic E-state index is 2.85. The highest BCUT2D eigenvalue weighted by atomic mass is 15.2. The molecule has 130 valence electrons. The van der Waals surface area contributed by atoms with Crippen LogP contribution in [0.1, 0.15) is 57.1 Å². The Balaban J connectivity index is 1.48. The first kappa shape index (κ1) is 15.3. The molecule has 2 unspecified atom stereocenters. The van der Waals surface area contributed by atoms with Gasteiger partial charge in [-0.3, -0.25) is 4.90 Å². The molecule has 1 saturated carbocycles. The van der Waals surface area contributed by atoms with Crippen molar-refractivity contribution in [3.8, 4) is 0 Å². The molecule has 4 aliphatic rings. The lowest BCUT2D eigenvalue weighted by molar-refractivity contribution is 0.0284. The van der Waals surface area contributed by atoms with Crippen molar-refractivity contribution in [2.45, 2.75) is 63.8 Å². The summed E-state index contributed by atoms with van der Waals surface area (Å²) >= 11 is 0. The molecular weight excluding hydrogens is 292 g/mol. The third kappa shape index (κ3) is 2.33. The van der Waals surface area contributed by atoms with Crippen molar-refractivity contribution in [3.63, 3.8) is 0 Å². The summed E-state index contributed by atoms with van der Waals surface area (Å²) in [4.78, 5) is 5.45. The van der Waals surface area contributed by atoms with Crippen LogP contribution in [0.3, 0.4) is 0 Å². The van der Waals surface area contributed by atoms with Gasteiger partial charge in [0.05, 0.1) is 0 Å². The largest absolute Gasteiger partial charge is 0.372 e. The second-order valence-corrected chi connectivity index (χ2v) is 9.20. The maximum Gasteiger partial charge on any atom is 0.0369 e. The van der Waals surface area contributed by atoms with E-state index < -0.39 is 0 Å². The molecule has 3 atom stereocenters. The SMILES string of the molecule is CC1C2Cc3ccc(N4CCCC4)cc3[C@]1(C)CCN2CC1CC1. The van der Waals surface area contributed by atoms with Crippen LogP contribution in [-0.2, 0) is 11.8 Å². The number of benzene rings is 1. The second kappa shape index (κ2) is 5.49. The first-order chi connectivity index (χ1) is 11.6. The van der Waals surface area contributed by atoms with Crippen LogP contribution < -0.4 is 4.90 Å². The summed E-state index contributed by atoms with van der Waals surface area (Å²) in [5, 5.41) is 0. The van der Waals surface area contributed by atoms with Crippen molar-refractivity contribution < 1.29 is 0 Å². The van der Waals surface area contributed by atoms with E-state index in [0.29, 0.717) is 5.41 Å². The highest BCUT2D eigenvalue weighted by Gasteiger charge is 2.49. The molecule has 0 amide bonds. The molecule has 5 rings (SSSR count). The summed E-state index contributed by atoms with van der Waals surface area (Å²) in [5.41, 5.74) is 5.19. The van der Waals surface area contributed by atoms with Gasteiger partial charge in [-0.1, -0.05) is 19.9 Å². The summed E-state index contributed by atoms with van der Waals surface area (Å²) in [6.07, 6.45) is 8.30. The zero-order valence-corrected chi connectivity index (χ0v) is 15.4. The van der Waals surface area contributed by atoms with Gasteiger partial charge >= 0.3 is 0 Å². The van der Waals surface area contributed by atoms with E-state index in [4.69, 9.17) is 0 Å². The Labute approximate surface area is 147 Å². The number of hydrogen-bond donors (Lipinski definition) is 0. The minimum Gasteiger partial charge on any atom is -0.372 e. The van der Waals surface area contributed by atoms with Gasteiger partial charge in [0.1, 0.15) is 0 Å². The second-order valence-electron chi connectivity index (χ2n) is 9.20. The number of fused-ring (bicyclic) bond motifs is 4. The number of anilines is 1. The monoisotopic (exact) mass is 324 g/mol. The number of nitrogens with zero attached hydrogens (tertiary/aromatic N) is 2. The predicted molar refractivity (Wildman–Crippen MR) is 101 cm³/mol. The van der Waals surface area contributed by atoms with E-state index in [9.17, 15) is 0 Å². The molecule has 0 N–H and O–H groups in total. The number of hydrogen-bond acceptors (Lipinski definition) is 2. The van der Waals surface area contributed by atoms with Gasteiger partial charge in [0.25, 0.3) is 0 Å². The normalized spacial score (nSPS) is 36.0. The molecular formula is C22H32N2. The minimum atomic E-state index is 0.383. The minimum absolute atomic E-state index is 0.383. The van der Waals surface area contributed by atoms with Crippen LogP contribution >= 0.6 is 0 Å². The fourth-order valence-electron chi connectivity index (χ4n) is 5.73. The Morgan fingerprint density at radius 1 is 1.12 bits per heavy atom. The van der Waals surface area contributed by atoms with Crippen LogP contribution in [0.5, 0.6) is 0 Å². The summed E-state index contributed by atoms with van der Waals surface area (Å²) in [6.45, 7) is 10.3. The summed E-state index contributed by atoms with van der Waals surface area (Å²) in [5.74, 6) is 1.80. The van der Waals surface area contributed by atoms with Gasteiger partial charge in [-0.2, -0.15) is 0 Å². The molecule has 2 heteroatoms. The van der Waals surface area contributed by atoms with Crippen LogP contribution in [0, 0.1) is 11.8 Å². The summed E-state index contributed by atoms with van der Waals surface area (Å²) < 4.78 is 0. The standard InChI is InChI=1S/C22H32N2/c1-16-21-13-18-7-8-19(23-10-3-4-11-23)14-20(18)22(16,2)9-12-24(21)15-17-5-6-17/h7-8,14,16-17,21H,3-6,9-13,15H2,1-2H3/t16?,21?,22-/m1/s1. The van der Waals surface area contributed by atoms with E-state index in [2.05, 4.69) is 41.8 Å². The molecule has 0 radical (unpaired) electrons. The average molecular weight is 325 g/mol. The lowest BCUT2D eigenvalue weighted by atomic mass is 9.59. The molecule has 2 aliphatic heterocycles. The van der Waals surface area contributed by atoms with Gasteiger partial charge in [0, 0.05) is 31.4 Å². The van der Waals surface area contributed by atoms with Gasteiger partial charge in [-0.25, -0.2) is 0 Å². The molecule has 2 heterocycles. The smallest absolute Gasteiger partial charge is 0.0369 e. The number of rotatable bonds is 3. The van der Waals surface area contributed by atoms with Crippen LogP contribution in [0.25, 0.3) is 0 Å². The predicted octanol–water partition coefficient (Wildman–Crippen LogP) is 4.22. The molecule has 0 aromatic heterocycles. The Morgan fingerprint density at radius 2 is 1.92 bits per heavy atom. The molecule has 3 fully saturated rings. The summed E-state index contributed by atoms with van der Waals surface area (Å²) in [7, 11) is 0. The lowest BCUT2D eigenvalue weighted by Gasteiger charge is -2.55. The molecule has 1 aromatic carbocycles. The highest BCUT2D eigenvalue weighted by molar-refractivity contribution is 5.55. The van der Waals surface area contributed by atoms with Crippen molar-refractivity contribution in [2.24, 2.45) is 11.8 Å². The molecule has 1 aromatic rings. The van der Waals surface area contributed by atoms with Crippen molar-refractivity contribution in [1.29, 1.82) is 0 Å². The van der Waals surface area contributed by atoms with Gasteiger partial charge < -0.3 is 4.90 Å². The quantitative estimate of drug-likeness (QED) is 0.821. The molecule has 2 bridgehead atoms. The Hall–Kier alpha value is -1.02. The average Bonchev–Trinajstić information content (AvgIpc) is 3.23. The van der Waals surface area contributed by atoms with Crippen LogP contribution in [0.2, 0.25) is 0 Å². The zero-order chi connectivity index (χ0) is 16.3. The van der Waals surface area contributed by atoms with Crippen LogP contribution in [-0.4, -0.2) is 37.1 Å². The Kier molecular flexibility index (Phi) is 3.49. The molecule has 2 aliphatic carbocycles.